The number of hydrogen-bond acceptors (Lipinski definition) is 3. The Labute approximate surface area is 143 Å². The van der Waals surface area contributed by atoms with E-state index in [-0.39, 0.29) is 23.0 Å². The van der Waals surface area contributed by atoms with Gasteiger partial charge in [0, 0.05) is 23.0 Å². The van der Waals surface area contributed by atoms with Gasteiger partial charge >= 0.3 is 5.97 Å². The van der Waals surface area contributed by atoms with Crippen LogP contribution in [0.4, 0.5) is 0 Å². The fourth-order valence-electron chi connectivity index (χ4n) is 4.00. The molecule has 4 heteroatoms. The molecule has 1 unspecified atom stereocenters. The van der Waals surface area contributed by atoms with Crippen LogP contribution in [0.2, 0.25) is 0 Å². The summed E-state index contributed by atoms with van der Waals surface area (Å²) in [4.78, 5) is 11.4. The molecule has 0 saturated heterocycles. The first-order valence-electron chi connectivity index (χ1n) is 8.49. The molecule has 0 fully saturated rings. The molecule has 0 spiro atoms. The molecule has 2 aliphatic rings. The summed E-state index contributed by atoms with van der Waals surface area (Å²) in [6, 6.07) is 3.81. The van der Waals surface area contributed by atoms with Crippen LogP contribution in [0, 0.1) is 5.92 Å². The van der Waals surface area contributed by atoms with E-state index in [1.54, 1.807) is 12.1 Å². The summed E-state index contributed by atoms with van der Waals surface area (Å²) in [5.74, 6) is 0.158. The number of allylic oxidation sites excluding steroid dienone is 1. The van der Waals surface area contributed by atoms with Gasteiger partial charge < -0.3 is 14.9 Å². The third kappa shape index (κ3) is 2.68. The molecule has 130 valence electrons. The molecule has 0 saturated carbocycles. The highest BCUT2D eigenvalue weighted by Gasteiger charge is 2.47. The fraction of sp³-hybridized carbons (Fsp3) is 0.550. The molecule has 0 bridgehead atoms. The molecule has 1 aliphatic heterocycles. The second-order valence-corrected chi connectivity index (χ2v) is 8.55. The van der Waals surface area contributed by atoms with Gasteiger partial charge in [0.05, 0.1) is 0 Å². The molecule has 0 amide bonds. The van der Waals surface area contributed by atoms with E-state index in [2.05, 4.69) is 20.8 Å². The van der Waals surface area contributed by atoms with E-state index in [0.29, 0.717) is 24.2 Å². The molecule has 24 heavy (non-hydrogen) atoms. The monoisotopic (exact) mass is 330 g/mol. The van der Waals surface area contributed by atoms with Crippen molar-refractivity contribution < 1.29 is 19.7 Å². The smallest absolute Gasteiger partial charge is 0.331 e. The topological polar surface area (TPSA) is 66.8 Å². The largest absolute Gasteiger partial charge is 0.508 e. The number of aromatic hydroxyl groups is 1. The van der Waals surface area contributed by atoms with Crippen LogP contribution in [0.15, 0.2) is 23.8 Å². The minimum atomic E-state index is -0.870. The van der Waals surface area contributed by atoms with E-state index in [4.69, 9.17) is 4.74 Å². The number of carboxylic acids is 1. The van der Waals surface area contributed by atoms with Gasteiger partial charge in [0.1, 0.15) is 17.1 Å². The van der Waals surface area contributed by atoms with Crippen molar-refractivity contribution in [3.8, 4) is 11.5 Å². The van der Waals surface area contributed by atoms with Crippen LogP contribution in [-0.4, -0.2) is 21.8 Å². The Bertz CT molecular complexity index is 722. The lowest BCUT2D eigenvalue weighted by Crippen LogP contribution is -2.45. The average molecular weight is 330 g/mol. The number of carbonyl (C=O) groups is 1. The minimum Gasteiger partial charge on any atom is -0.508 e. The van der Waals surface area contributed by atoms with Crippen molar-refractivity contribution in [1.82, 2.24) is 0 Å². The number of carboxylic acid groups (broad SMARTS) is 1. The van der Waals surface area contributed by atoms with Gasteiger partial charge in [-0.25, -0.2) is 4.79 Å². The summed E-state index contributed by atoms with van der Waals surface area (Å²) in [5, 5.41) is 20.1. The number of hydrogen-bond donors (Lipinski definition) is 2. The third-order valence-corrected chi connectivity index (χ3v) is 5.44. The molecular formula is C20H26O4. The van der Waals surface area contributed by atoms with Gasteiger partial charge in [0.25, 0.3) is 0 Å². The Morgan fingerprint density at radius 2 is 1.96 bits per heavy atom. The van der Waals surface area contributed by atoms with Crippen molar-refractivity contribution in [3.63, 3.8) is 0 Å². The predicted molar refractivity (Wildman–Crippen MR) is 92.7 cm³/mol. The second-order valence-electron chi connectivity index (χ2n) is 8.55. The zero-order valence-electron chi connectivity index (χ0n) is 15.0. The molecule has 1 aromatic carbocycles. The summed E-state index contributed by atoms with van der Waals surface area (Å²) < 4.78 is 6.26. The Morgan fingerprint density at radius 1 is 1.29 bits per heavy atom. The Morgan fingerprint density at radius 3 is 2.54 bits per heavy atom. The molecule has 4 nitrogen and oxygen atoms in total. The van der Waals surface area contributed by atoms with Crippen molar-refractivity contribution in [2.75, 3.05) is 0 Å². The Balaban J connectivity index is 2.14. The highest BCUT2D eigenvalue weighted by Crippen LogP contribution is 2.54. The maximum Gasteiger partial charge on any atom is 0.331 e. The zero-order chi connectivity index (χ0) is 17.9. The van der Waals surface area contributed by atoms with Crippen LogP contribution in [-0.2, 0) is 10.2 Å². The number of benzene rings is 1. The highest BCUT2D eigenvalue weighted by atomic mass is 16.5. The first-order valence-corrected chi connectivity index (χ1v) is 8.49. The van der Waals surface area contributed by atoms with Crippen LogP contribution < -0.4 is 4.74 Å². The number of ether oxygens (including phenoxy) is 1. The Hall–Kier alpha value is -1.97. The lowest BCUT2D eigenvalue weighted by molar-refractivity contribution is -0.133. The summed E-state index contributed by atoms with van der Waals surface area (Å²) in [7, 11) is 0. The van der Waals surface area contributed by atoms with E-state index < -0.39 is 11.6 Å². The number of fused-ring (bicyclic) bond motifs is 3. The first kappa shape index (κ1) is 16.9. The summed E-state index contributed by atoms with van der Waals surface area (Å²) in [6.07, 6.45) is 2.89. The van der Waals surface area contributed by atoms with Crippen LogP contribution in [0.1, 0.15) is 64.5 Å². The molecule has 1 aliphatic carbocycles. The number of rotatable bonds is 1. The molecular weight excluding hydrogens is 304 g/mol. The first-order chi connectivity index (χ1) is 11.0. The van der Waals surface area contributed by atoms with Gasteiger partial charge in [0.2, 0.25) is 0 Å². The highest BCUT2D eigenvalue weighted by molar-refractivity contribution is 5.87. The van der Waals surface area contributed by atoms with Gasteiger partial charge in [-0.1, -0.05) is 26.8 Å². The lowest BCUT2D eigenvalue weighted by Gasteiger charge is -2.47. The second kappa shape index (κ2) is 5.27. The maximum atomic E-state index is 11.4. The zero-order valence-corrected chi connectivity index (χ0v) is 15.0. The average Bonchev–Trinajstić information content (AvgIpc) is 2.44. The van der Waals surface area contributed by atoms with Gasteiger partial charge in [-0.05, 0) is 49.8 Å². The molecule has 1 aromatic rings. The molecule has 2 atom stereocenters. The summed E-state index contributed by atoms with van der Waals surface area (Å²) >= 11 is 0. The van der Waals surface area contributed by atoms with Gasteiger partial charge in [0.15, 0.2) is 0 Å². The van der Waals surface area contributed by atoms with E-state index >= 15 is 0 Å². The molecule has 0 radical (unpaired) electrons. The van der Waals surface area contributed by atoms with Gasteiger partial charge in [-0.2, -0.15) is 0 Å². The quantitative estimate of drug-likeness (QED) is 0.802. The molecule has 0 aromatic heterocycles. The summed E-state index contributed by atoms with van der Waals surface area (Å²) in [6.45, 7) is 10.4. The minimum absolute atomic E-state index is 0.0335. The van der Waals surface area contributed by atoms with Crippen molar-refractivity contribution >= 4 is 5.97 Å². The molecule has 3 rings (SSSR count). The van der Waals surface area contributed by atoms with Crippen LogP contribution >= 0.6 is 0 Å². The van der Waals surface area contributed by atoms with Crippen molar-refractivity contribution in [3.05, 3.63) is 34.9 Å². The standard InChI is InChI=1S/C20H26O4/c1-19(2,3)12-9-15(21)17-13-8-11(18(22)23)6-7-14(13)20(4,5)24-16(17)10-12/h6,9-10,13-14,21H,7-8H2,1-5H3,(H,22,23)/t13?,14-/m1/s1. The Kier molecular flexibility index (Phi) is 3.70. The lowest BCUT2D eigenvalue weighted by atomic mass is 9.66. The normalized spacial score (nSPS) is 25.1. The van der Waals surface area contributed by atoms with Crippen LogP contribution in [0.5, 0.6) is 11.5 Å². The number of phenols is 1. The number of aliphatic carboxylic acids is 1. The van der Waals surface area contributed by atoms with Gasteiger partial charge in [-0.15, -0.1) is 0 Å². The van der Waals surface area contributed by atoms with E-state index in [1.165, 1.54) is 0 Å². The molecule has 2 N–H and O–H groups in total. The maximum absolute atomic E-state index is 11.4. The van der Waals surface area contributed by atoms with Crippen LogP contribution in [0.3, 0.4) is 0 Å². The van der Waals surface area contributed by atoms with Gasteiger partial charge in [-0.3, -0.25) is 0 Å². The van der Waals surface area contributed by atoms with Crippen LogP contribution in [0.25, 0.3) is 0 Å². The molecule has 1 heterocycles. The van der Waals surface area contributed by atoms with Crippen molar-refractivity contribution in [1.29, 1.82) is 0 Å². The van der Waals surface area contributed by atoms with E-state index in [0.717, 1.165) is 11.1 Å². The summed E-state index contributed by atoms with van der Waals surface area (Å²) in [5.41, 5.74) is 1.70. The fourth-order valence-corrected chi connectivity index (χ4v) is 4.00. The SMILES string of the molecule is CC(C)(C)c1cc(O)c2c(c1)OC(C)(C)[C@@H]1CC=C(C(=O)O)CC21. The predicted octanol–water partition coefficient (Wildman–Crippen LogP) is 4.37. The van der Waals surface area contributed by atoms with Crippen molar-refractivity contribution in [2.24, 2.45) is 5.92 Å². The number of phenolic OH excluding ortho intramolecular Hbond substituents is 1. The third-order valence-electron chi connectivity index (χ3n) is 5.44. The van der Waals surface area contributed by atoms with E-state index in [1.807, 2.05) is 19.9 Å². The van der Waals surface area contributed by atoms with Crippen molar-refractivity contribution in [2.45, 2.75) is 64.4 Å². The van der Waals surface area contributed by atoms with E-state index in [9.17, 15) is 15.0 Å².